The average Bonchev–Trinajstić information content (AvgIpc) is 2.67. The van der Waals surface area contributed by atoms with Crippen LogP contribution in [0.2, 0.25) is 0 Å². The second-order valence-electron chi connectivity index (χ2n) is 5.98. The van der Waals surface area contributed by atoms with Crippen molar-refractivity contribution < 1.29 is 24.2 Å². The number of fused-ring (bicyclic) bond motifs is 1. The van der Waals surface area contributed by atoms with E-state index in [-0.39, 0.29) is 11.9 Å². The lowest BCUT2D eigenvalue weighted by molar-refractivity contribution is -0.148. The van der Waals surface area contributed by atoms with Crippen LogP contribution in [0.3, 0.4) is 0 Å². The van der Waals surface area contributed by atoms with Gasteiger partial charge in [-0.1, -0.05) is 18.2 Å². The minimum atomic E-state index is -0.919. The minimum Gasteiger partial charge on any atom is -0.455 e. The minimum absolute atomic E-state index is 0.0842. The molecule has 0 radical (unpaired) electrons. The van der Waals surface area contributed by atoms with E-state index in [4.69, 9.17) is 9.47 Å². The SMILES string of the molecule is C=C1C(=O)O[C@@H]2/C=C(\C)[C@H](OC(C)=O)[C@H](O)/C=C(\C)CC[C@@H]12. The topological polar surface area (TPSA) is 72.8 Å². The molecule has 0 bridgehead atoms. The predicted octanol–water partition coefficient (Wildman–Crippen LogP) is 2.06. The summed E-state index contributed by atoms with van der Waals surface area (Å²) in [6.07, 6.45) is 2.78. The van der Waals surface area contributed by atoms with Crippen LogP contribution in [0.1, 0.15) is 33.6 Å². The Labute approximate surface area is 130 Å². The van der Waals surface area contributed by atoms with Gasteiger partial charge >= 0.3 is 11.9 Å². The van der Waals surface area contributed by atoms with Crippen molar-refractivity contribution in [2.24, 2.45) is 5.92 Å². The van der Waals surface area contributed by atoms with E-state index in [0.29, 0.717) is 17.6 Å². The molecule has 120 valence electrons. The third-order valence-corrected chi connectivity index (χ3v) is 4.13. The molecule has 2 aliphatic rings. The summed E-state index contributed by atoms with van der Waals surface area (Å²) in [6.45, 7) is 8.79. The van der Waals surface area contributed by atoms with Crippen molar-refractivity contribution in [3.05, 3.63) is 35.5 Å². The Hall–Kier alpha value is -1.88. The van der Waals surface area contributed by atoms with E-state index in [2.05, 4.69) is 6.58 Å². The van der Waals surface area contributed by atoms with Gasteiger partial charge in [-0.2, -0.15) is 0 Å². The zero-order valence-corrected chi connectivity index (χ0v) is 13.2. The van der Waals surface area contributed by atoms with Crippen LogP contribution in [0, 0.1) is 5.92 Å². The maximum atomic E-state index is 11.7. The van der Waals surface area contributed by atoms with Crippen molar-refractivity contribution in [2.45, 2.75) is 51.9 Å². The average molecular weight is 306 g/mol. The molecular weight excluding hydrogens is 284 g/mol. The van der Waals surface area contributed by atoms with Gasteiger partial charge in [-0.25, -0.2) is 4.79 Å². The number of aliphatic hydroxyl groups is 1. The number of carbonyl (C=O) groups is 2. The molecule has 5 nitrogen and oxygen atoms in total. The second kappa shape index (κ2) is 6.48. The summed E-state index contributed by atoms with van der Waals surface area (Å²) in [6, 6.07) is 0. The Morgan fingerprint density at radius 1 is 1.41 bits per heavy atom. The molecule has 1 aliphatic carbocycles. The number of aliphatic hydroxyl groups excluding tert-OH is 1. The van der Waals surface area contributed by atoms with Crippen molar-refractivity contribution in [3.63, 3.8) is 0 Å². The first kappa shape index (κ1) is 16.5. The van der Waals surface area contributed by atoms with Gasteiger partial charge < -0.3 is 14.6 Å². The number of carbonyl (C=O) groups excluding carboxylic acids is 2. The van der Waals surface area contributed by atoms with Crippen molar-refractivity contribution in [1.82, 2.24) is 0 Å². The fourth-order valence-electron chi connectivity index (χ4n) is 2.93. The van der Waals surface area contributed by atoms with Gasteiger partial charge in [0, 0.05) is 18.4 Å². The molecule has 0 aromatic rings. The summed E-state index contributed by atoms with van der Waals surface area (Å²) in [5, 5.41) is 10.3. The third kappa shape index (κ3) is 3.47. The molecule has 0 aromatic heterocycles. The van der Waals surface area contributed by atoms with Gasteiger partial charge in [-0.05, 0) is 38.3 Å². The Bertz CT molecular complexity index is 557. The van der Waals surface area contributed by atoms with Gasteiger partial charge in [0.1, 0.15) is 12.2 Å². The largest absolute Gasteiger partial charge is 0.455 e. The monoisotopic (exact) mass is 306 g/mol. The molecule has 1 fully saturated rings. The van der Waals surface area contributed by atoms with Crippen LogP contribution >= 0.6 is 0 Å². The molecule has 1 saturated heterocycles. The number of ether oxygens (including phenoxy) is 2. The molecule has 2 rings (SSSR count). The number of esters is 2. The highest BCUT2D eigenvalue weighted by atomic mass is 16.6. The first-order chi connectivity index (χ1) is 10.3. The zero-order chi connectivity index (χ0) is 16.4. The van der Waals surface area contributed by atoms with Crippen LogP contribution in [0.25, 0.3) is 0 Å². The van der Waals surface area contributed by atoms with Crippen molar-refractivity contribution in [2.75, 3.05) is 0 Å². The normalized spacial score (nSPS) is 37.3. The van der Waals surface area contributed by atoms with Crippen LogP contribution in [0.5, 0.6) is 0 Å². The summed E-state index contributed by atoms with van der Waals surface area (Å²) < 4.78 is 10.6. The van der Waals surface area contributed by atoms with E-state index in [1.165, 1.54) is 6.92 Å². The lowest BCUT2D eigenvalue weighted by atomic mass is 9.87. The van der Waals surface area contributed by atoms with Crippen LogP contribution < -0.4 is 0 Å². The lowest BCUT2D eigenvalue weighted by Gasteiger charge is -2.25. The number of hydrogen-bond donors (Lipinski definition) is 1. The molecule has 1 heterocycles. The summed E-state index contributed by atoms with van der Waals surface area (Å²) in [5.74, 6) is -0.937. The summed E-state index contributed by atoms with van der Waals surface area (Å²) in [5.41, 5.74) is 2.11. The summed E-state index contributed by atoms with van der Waals surface area (Å²) in [4.78, 5) is 23.0. The molecule has 1 N–H and O–H groups in total. The Morgan fingerprint density at radius 3 is 2.73 bits per heavy atom. The number of hydrogen-bond acceptors (Lipinski definition) is 5. The highest BCUT2D eigenvalue weighted by Crippen LogP contribution is 2.34. The summed E-state index contributed by atoms with van der Waals surface area (Å²) in [7, 11) is 0. The number of rotatable bonds is 1. The predicted molar refractivity (Wildman–Crippen MR) is 80.8 cm³/mol. The molecule has 1 aliphatic heterocycles. The molecule has 0 spiro atoms. The fraction of sp³-hybridized carbons (Fsp3) is 0.529. The van der Waals surface area contributed by atoms with Crippen molar-refractivity contribution in [3.8, 4) is 0 Å². The fourth-order valence-corrected chi connectivity index (χ4v) is 2.93. The molecule has 0 saturated carbocycles. The molecule has 22 heavy (non-hydrogen) atoms. The molecule has 0 amide bonds. The van der Waals surface area contributed by atoms with E-state index < -0.39 is 24.3 Å². The highest BCUT2D eigenvalue weighted by Gasteiger charge is 2.38. The zero-order valence-electron chi connectivity index (χ0n) is 13.2. The van der Waals surface area contributed by atoms with Crippen molar-refractivity contribution in [1.29, 1.82) is 0 Å². The molecule has 5 heteroatoms. The molecule has 0 aromatic carbocycles. The van der Waals surface area contributed by atoms with Crippen LogP contribution in [-0.4, -0.2) is 35.4 Å². The molecule has 0 unspecified atom stereocenters. The molecule has 4 atom stereocenters. The Kier molecular flexibility index (Phi) is 4.86. The van der Waals surface area contributed by atoms with Crippen LogP contribution in [0.15, 0.2) is 35.5 Å². The number of allylic oxidation sites excluding steroid dienone is 1. The first-order valence-electron chi connectivity index (χ1n) is 7.40. The van der Waals surface area contributed by atoms with E-state index in [1.807, 2.05) is 6.92 Å². The van der Waals surface area contributed by atoms with Crippen LogP contribution in [0.4, 0.5) is 0 Å². The van der Waals surface area contributed by atoms with Gasteiger partial charge in [0.25, 0.3) is 0 Å². The van der Waals surface area contributed by atoms with E-state index >= 15 is 0 Å². The standard InChI is InChI=1S/C17H22O5/c1-9-5-6-13-11(3)17(20)22-15(13)8-10(2)16(14(19)7-9)21-12(4)18/h7-8,13-16,19H,3,5-6H2,1-2,4H3/b9-7+,10-8+/t13-,14+,15+,16-/m0/s1. The Morgan fingerprint density at radius 2 is 2.09 bits per heavy atom. The van der Waals surface area contributed by atoms with Gasteiger partial charge in [0.05, 0.1) is 0 Å². The first-order valence-corrected chi connectivity index (χ1v) is 7.40. The van der Waals surface area contributed by atoms with Crippen LogP contribution in [-0.2, 0) is 19.1 Å². The summed E-state index contributed by atoms with van der Waals surface area (Å²) >= 11 is 0. The second-order valence-corrected chi connectivity index (χ2v) is 5.98. The third-order valence-electron chi connectivity index (χ3n) is 4.13. The van der Waals surface area contributed by atoms with E-state index in [9.17, 15) is 14.7 Å². The lowest BCUT2D eigenvalue weighted by Crippen LogP contribution is -2.32. The smallest absolute Gasteiger partial charge is 0.334 e. The highest BCUT2D eigenvalue weighted by molar-refractivity contribution is 5.91. The molecular formula is C17H22O5. The van der Waals surface area contributed by atoms with E-state index in [0.717, 1.165) is 12.0 Å². The maximum absolute atomic E-state index is 11.7. The van der Waals surface area contributed by atoms with Gasteiger partial charge in [-0.3, -0.25) is 4.79 Å². The van der Waals surface area contributed by atoms with E-state index in [1.54, 1.807) is 19.1 Å². The van der Waals surface area contributed by atoms with Gasteiger partial charge in [0.2, 0.25) is 0 Å². The Balaban J connectivity index is 2.38. The van der Waals surface area contributed by atoms with Gasteiger partial charge in [0.15, 0.2) is 6.10 Å². The maximum Gasteiger partial charge on any atom is 0.334 e. The quantitative estimate of drug-likeness (QED) is 0.456. The van der Waals surface area contributed by atoms with Crippen molar-refractivity contribution >= 4 is 11.9 Å². The van der Waals surface area contributed by atoms with Gasteiger partial charge in [-0.15, -0.1) is 0 Å².